The van der Waals surface area contributed by atoms with Gasteiger partial charge in [0, 0.05) is 23.1 Å². The van der Waals surface area contributed by atoms with Gasteiger partial charge in [-0.25, -0.2) is 0 Å². The van der Waals surface area contributed by atoms with Gasteiger partial charge in [-0.05, 0) is 5.56 Å². The van der Waals surface area contributed by atoms with Gasteiger partial charge < -0.3 is 0 Å². The second-order valence-corrected chi connectivity index (χ2v) is 5.92. The van der Waals surface area contributed by atoms with E-state index in [1.54, 1.807) is 30.3 Å². The van der Waals surface area contributed by atoms with E-state index in [1.165, 1.54) is 0 Å². The van der Waals surface area contributed by atoms with Gasteiger partial charge in [-0.1, -0.05) is 54.6 Å². The van der Waals surface area contributed by atoms with E-state index in [1.807, 2.05) is 30.3 Å². The highest BCUT2D eigenvalue weighted by molar-refractivity contribution is 6.18. The molecule has 0 spiro atoms. The van der Waals surface area contributed by atoms with Crippen LogP contribution in [0.1, 0.15) is 32.0 Å². The van der Waals surface area contributed by atoms with Crippen molar-refractivity contribution in [1.82, 2.24) is 10.2 Å². The van der Waals surface area contributed by atoms with E-state index in [0.717, 1.165) is 22.4 Å². The average molecular weight is 327 g/mol. The van der Waals surface area contributed by atoms with E-state index in [0.29, 0.717) is 12.0 Å². The zero-order chi connectivity index (χ0) is 17.4. The Morgan fingerprint density at radius 3 is 2.52 bits per heavy atom. The molecule has 120 valence electrons. The molecule has 0 bridgehead atoms. The quantitative estimate of drug-likeness (QED) is 0.461. The molecule has 1 heterocycles. The molecule has 1 aromatic heterocycles. The lowest BCUT2D eigenvalue weighted by Crippen LogP contribution is -2.24. The summed E-state index contributed by atoms with van der Waals surface area (Å²) in [5.74, 6) is -2.40. The van der Waals surface area contributed by atoms with E-state index >= 15 is 0 Å². The van der Waals surface area contributed by atoms with Gasteiger partial charge in [0.25, 0.3) is 0 Å². The molecule has 1 aliphatic carbocycles. The third kappa shape index (κ3) is 2.36. The van der Waals surface area contributed by atoms with Crippen molar-refractivity contribution in [2.24, 2.45) is 5.92 Å². The van der Waals surface area contributed by atoms with Crippen LogP contribution in [0.25, 0.3) is 11.3 Å². The fraction of sp³-hybridized carbons (Fsp3) is 0.100. The number of aromatic nitrogens is 2. The van der Waals surface area contributed by atoms with Crippen molar-refractivity contribution in [3.63, 3.8) is 0 Å². The van der Waals surface area contributed by atoms with Crippen molar-refractivity contribution in [3.8, 4) is 17.3 Å². The number of carbonyl (C=O) groups excluding carboxylic acids is 2. The lowest BCUT2D eigenvalue weighted by molar-refractivity contribution is 0.0842. The van der Waals surface area contributed by atoms with Crippen molar-refractivity contribution in [1.29, 1.82) is 5.26 Å². The van der Waals surface area contributed by atoms with Crippen LogP contribution >= 0.6 is 0 Å². The third-order valence-corrected chi connectivity index (χ3v) is 4.47. The Morgan fingerprint density at radius 2 is 1.76 bits per heavy atom. The van der Waals surface area contributed by atoms with E-state index in [2.05, 4.69) is 10.2 Å². The Hall–Kier alpha value is -3.52. The molecule has 5 nitrogen and oxygen atoms in total. The van der Waals surface area contributed by atoms with E-state index in [9.17, 15) is 14.9 Å². The maximum atomic E-state index is 12.8. The number of hydrogen-bond donors (Lipinski definition) is 1. The number of hydrogen-bond acceptors (Lipinski definition) is 4. The lowest BCUT2D eigenvalue weighted by Gasteiger charge is -2.07. The van der Waals surface area contributed by atoms with Crippen LogP contribution in [-0.4, -0.2) is 21.8 Å². The highest BCUT2D eigenvalue weighted by Crippen LogP contribution is 2.37. The van der Waals surface area contributed by atoms with Crippen LogP contribution in [0.2, 0.25) is 0 Å². The molecule has 25 heavy (non-hydrogen) atoms. The van der Waals surface area contributed by atoms with Crippen molar-refractivity contribution in [2.75, 3.05) is 0 Å². The molecule has 5 heteroatoms. The number of carbonyl (C=O) groups is 2. The van der Waals surface area contributed by atoms with E-state index in [-0.39, 0.29) is 5.69 Å². The van der Waals surface area contributed by atoms with Gasteiger partial charge in [-0.3, -0.25) is 14.7 Å². The predicted molar refractivity (Wildman–Crippen MR) is 91.0 cm³/mol. The molecule has 0 fully saturated rings. The smallest absolute Gasteiger partial charge is 0.205 e. The molecular weight excluding hydrogens is 314 g/mol. The Balaban J connectivity index is 1.69. The summed E-state index contributed by atoms with van der Waals surface area (Å²) < 4.78 is 0. The van der Waals surface area contributed by atoms with Gasteiger partial charge in [0.05, 0.1) is 11.8 Å². The number of nitrogens with one attached hydrogen (secondary N) is 1. The zero-order valence-corrected chi connectivity index (χ0v) is 13.2. The molecule has 0 radical (unpaired) electrons. The monoisotopic (exact) mass is 327 g/mol. The van der Waals surface area contributed by atoms with Crippen LogP contribution in [0.5, 0.6) is 0 Å². The summed E-state index contributed by atoms with van der Waals surface area (Å²) in [5.41, 5.74) is 4.15. The van der Waals surface area contributed by atoms with Crippen LogP contribution in [0.15, 0.2) is 54.6 Å². The normalized spacial score (nSPS) is 12.8. The molecule has 0 saturated carbocycles. The summed E-state index contributed by atoms with van der Waals surface area (Å²) in [5, 5.41) is 16.4. The summed E-state index contributed by atoms with van der Waals surface area (Å²) in [6.45, 7) is 0. The number of H-pyrrole nitrogens is 1. The van der Waals surface area contributed by atoms with Crippen molar-refractivity contribution >= 4 is 11.6 Å². The number of Topliss-reactive ketones (excluding diaryl/α,β-unsaturated/α-hetero) is 2. The zero-order valence-electron chi connectivity index (χ0n) is 13.2. The predicted octanol–water partition coefficient (Wildman–Crippen LogP) is 3.19. The van der Waals surface area contributed by atoms with Gasteiger partial charge in [0.15, 0.2) is 11.7 Å². The summed E-state index contributed by atoms with van der Waals surface area (Å²) >= 11 is 0. The molecule has 0 aliphatic heterocycles. The first-order valence-corrected chi connectivity index (χ1v) is 7.89. The number of aromatic amines is 1. The van der Waals surface area contributed by atoms with Gasteiger partial charge >= 0.3 is 0 Å². The van der Waals surface area contributed by atoms with Crippen molar-refractivity contribution < 1.29 is 9.59 Å². The summed E-state index contributed by atoms with van der Waals surface area (Å²) in [6.07, 6.45) is 0.570. The number of fused-ring (bicyclic) bond motifs is 3. The summed E-state index contributed by atoms with van der Waals surface area (Å²) in [7, 11) is 0. The van der Waals surface area contributed by atoms with Crippen LogP contribution in [-0.2, 0) is 6.42 Å². The molecular formula is C20H13N3O2. The average Bonchev–Trinajstić information content (AvgIpc) is 3.22. The molecule has 1 atom stereocenters. The fourth-order valence-corrected chi connectivity index (χ4v) is 3.21. The van der Waals surface area contributed by atoms with Gasteiger partial charge in [-0.2, -0.15) is 10.4 Å². The molecule has 1 unspecified atom stereocenters. The molecule has 0 amide bonds. The number of benzene rings is 2. The van der Waals surface area contributed by atoms with E-state index in [4.69, 9.17) is 0 Å². The highest BCUT2D eigenvalue weighted by atomic mass is 16.2. The number of rotatable bonds is 4. The molecule has 1 N–H and O–H groups in total. The second-order valence-electron chi connectivity index (χ2n) is 5.92. The minimum absolute atomic E-state index is 0.252. The summed E-state index contributed by atoms with van der Waals surface area (Å²) in [6, 6.07) is 18.0. The van der Waals surface area contributed by atoms with Gasteiger partial charge in [0.2, 0.25) is 5.78 Å². The standard InChI is InChI=1S/C20H13N3O2/c21-11-16(19(24)12-6-2-1-3-7-12)20(25)18-15-10-13-8-4-5-9-14(13)17(15)22-23-18/h1-9,16H,10H2,(H,22,23). The minimum Gasteiger partial charge on any atom is -0.292 e. The Labute approximate surface area is 143 Å². The van der Waals surface area contributed by atoms with Crippen LogP contribution in [0, 0.1) is 17.2 Å². The first-order chi connectivity index (χ1) is 12.2. The fourth-order valence-electron chi connectivity index (χ4n) is 3.21. The summed E-state index contributed by atoms with van der Waals surface area (Å²) in [4.78, 5) is 25.4. The topological polar surface area (TPSA) is 86.6 Å². The van der Waals surface area contributed by atoms with Crippen LogP contribution in [0.3, 0.4) is 0 Å². The molecule has 3 aromatic rings. The maximum Gasteiger partial charge on any atom is 0.205 e. The highest BCUT2D eigenvalue weighted by Gasteiger charge is 2.34. The molecule has 2 aromatic carbocycles. The van der Waals surface area contributed by atoms with Crippen molar-refractivity contribution in [2.45, 2.75) is 6.42 Å². The number of nitriles is 1. The van der Waals surface area contributed by atoms with Crippen molar-refractivity contribution in [3.05, 3.63) is 77.0 Å². The second kappa shape index (κ2) is 5.84. The Kier molecular flexibility index (Phi) is 3.51. The first-order valence-electron chi connectivity index (χ1n) is 7.89. The van der Waals surface area contributed by atoms with Crippen LogP contribution in [0.4, 0.5) is 0 Å². The molecule has 4 rings (SSSR count). The maximum absolute atomic E-state index is 12.8. The first kappa shape index (κ1) is 15.0. The van der Waals surface area contributed by atoms with Gasteiger partial charge in [0.1, 0.15) is 5.69 Å². The van der Waals surface area contributed by atoms with Crippen LogP contribution < -0.4 is 0 Å². The van der Waals surface area contributed by atoms with E-state index < -0.39 is 17.5 Å². The molecule has 1 aliphatic rings. The Bertz CT molecular complexity index is 1030. The largest absolute Gasteiger partial charge is 0.292 e. The minimum atomic E-state index is -1.38. The SMILES string of the molecule is N#CC(C(=O)c1ccccc1)C(=O)c1[nH]nc2c1Cc1ccccc1-2. The number of ketones is 2. The number of nitrogens with zero attached hydrogens (tertiary/aromatic N) is 2. The van der Waals surface area contributed by atoms with Gasteiger partial charge in [-0.15, -0.1) is 0 Å². The lowest BCUT2D eigenvalue weighted by atomic mass is 9.92. The third-order valence-electron chi connectivity index (χ3n) is 4.47. The molecule has 0 saturated heterocycles. The Morgan fingerprint density at radius 1 is 1.04 bits per heavy atom.